The Labute approximate surface area is 175 Å². The van der Waals surface area contributed by atoms with Crippen molar-refractivity contribution in [1.29, 1.82) is 0 Å². The number of thiazole rings is 1. The van der Waals surface area contributed by atoms with E-state index in [1.54, 1.807) is 31.2 Å². The fourth-order valence-electron chi connectivity index (χ4n) is 2.05. The molecular weight excluding hydrogens is 416 g/mol. The van der Waals surface area contributed by atoms with Crippen molar-refractivity contribution in [2.45, 2.75) is 13.8 Å². The van der Waals surface area contributed by atoms with E-state index in [-0.39, 0.29) is 16.7 Å². The second-order valence-corrected chi connectivity index (χ2v) is 6.91. The molecule has 0 atom stereocenters. The number of rotatable bonds is 7. The van der Waals surface area contributed by atoms with Crippen molar-refractivity contribution in [1.82, 2.24) is 21.3 Å². The molecule has 0 radical (unpaired) electrons. The summed E-state index contributed by atoms with van der Waals surface area (Å²) in [6.07, 6.45) is 3.33. The molecular formula is C16H18N8O3S2. The lowest BCUT2D eigenvalue weighted by atomic mass is 10.1. The fraction of sp³-hybridized carbons (Fsp3) is 0.125. The van der Waals surface area contributed by atoms with Gasteiger partial charge in [-0.15, -0.1) is 0 Å². The van der Waals surface area contributed by atoms with Crippen LogP contribution in [0.5, 0.6) is 0 Å². The van der Waals surface area contributed by atoms with E-state index in [9.17, 15) is 14.9 Å². The molecule has 0 saturated carbocycles. The number of nitro groups is 1. The van der Waals surface area contributed by atoms with Crippen LogP contribution in [0, 0.1) is 17.0 Å². The number of nitrogens with one attached hydrogen (secondary N) is 4. The van der Waals surface area contributed by atoms with Crippen molar-refractivity contribution in [2.24, 2.45) is 10.9 Å². The van der Waals surface area contributed by atoms with E-state index in [1.807, 2.05) is 0 Å². The van der Waals surface area contributed by atoms with Crippen LogP contribution in [0.15, 0.2) is 35.4 Å². The van der Waals surface area contributed by atoms with Crippen molar-refractivity contribution in [3.63, 3.8) is 0 Å². The summed E-state index contributed by atoms with van der Waals surface area (Å²) < 4.78 is 0. The minimum atomic E-state index is -0.466. The predicted molar refractivity (Wildman–Crippen MR) is 116 cm³/mol. The first-order valence-corrected chi connectivity index (χ1v) is 9.30. The van der Waals surface area contributed by atoms with Crippen LogP contribution in [0.25, 0.3) is 6.08 Å². The number of benzene rings is 1. The third kappa shape index (κ3) is 6.60. The van der Waals surface area contributed by atoms with Gasteiger partial charge in [0.15, 0.2) is 0 Å². The highest BCUT2D eigenvalue weighted by Gasteiger charge is 2.13. The number of nitro benzene ring substituents is 1. The molecule has 0 aliphatic heterocycles. The molecule has 1 aromatic heterocycles. The Kier molecular flexibility index (Phi) is 7.70. The van der Waals surface area contributed by atoms with Gasteiger partial charge in [-0.25, -0.2) is 10.8 Å². The van der Waals surface area contributed by atoms with Gasteiger partial charge in [-0.05, 0) is 30.8 Å². The summed E-state index contributed by atoms with van der Waals surface area (Å²) in [4.78, 5) is 26.6. The van der Waals surface area contributed by atoms with Crippen molar-refractivity contribution in [2.75, 3.05) is 5.43 Å². The molecule has 1 amide bonds. The Morgan fingerprint density at radius 1 is 1.45 bits per heavy atom. The summed E-state index contributed by atoms with van der Waals surface area (Å²) in [5, 5.41) is 15.7. The van der Waals surface area contributed by atoms with Gasteiger partial charge in [0.25, 0.3) is 5.69 Å². The van der Waals surface area contributed by atoms with Gasteiger partial charge >= 0.3 is 0 Å². The summed E-state index contributed by atoms with van der Waals surface area (Å²) in [6.45, 7) is 3.15. The van der Waals surface area contributed by atoms with Gasteiger partial charge in [-0.1, -0.05) is 29.5 Å². The lowest BCUT2D eigenvalue weighted by molar-refractivity contribution is -0.384. The molecule has 0 bridgehead atoms. The molecule has 29 heavy (non-hydrogen) atoms. The number of hydrogen-bond donors (Lipinski definition) is 5. The maximum atomic E-state index is 11.1. The van der Waals surface area contributed by atoms with Crippen LogP contribution in [-0.4, -0.2) is 26.6 Å². The first kappa shape index (κ1) is 21.9. The van der Waals surface area contributed by atoms with Gasteiger partial charge < -0.3 is 0 Å². The van der Waals surface area contributed by atoms with E-state index < -0.39 is 4.92 Å². The van der Waals surface area contributed by atoms with Crippen LogP contribution in [-0.2, 0) is 4.79 Å². The number of anilines is 1. The third-order valence-electron chi connectivity index (χ3n) is 3.30. The highest BCUT2D eigenvalue weighted by molar-refractivity contribution is 7.80. The Bertz CT molecular complexity index is 986. The molecule has 0 aliphatic carbocycles. The average molecular weight is 435 g/mol. The highest BCUT2D eigenvalue weighted by Crippen LogP contribution is 2.24. The SMILES string of the molecule is CC(=O)NNc1nc(C)c(/C(C=Cc2cccc([N+](=O)[O-])c2)=N/NC(=S)NN)s1. The zero-order valence-corrected chi connectivity index (χ0v) is 17.1. The number of amides is 1. The lowest BCUT2D eigenvalue weighted by Gasteiger charge is -2.04. The van der Waals surface area contributed by atoms with Crippen molar-refractivity contribution < 1.29 is 9.72 Å². The number of non-ortho nitro benzene ring substituents is 1. The number of carbonyl (C=O) groups excluding carboxylic acids is 1. The number of carbonyl (C=O) groups is 1. The largest absolute Gasteiger partial charge is 0.300 e. The maximum Gasteiger partial charge on any atom is 0.270 e. The average Bonchev–Trinajstić information content (AvgIpc) is 3.06. The third-order valence-corrected chi connectivity index (χ3v) is 4.60. The van der Waals surface area contributed by atoms with E-state index in [0.717, 1.165) is 0 Å². The molecule has 0 fully saturated rings. The van der Waals surface area contributed by atoms with Crippen LogP contribution in [0.3, 0.4) is 0 Å². The zero-order chi connectivity index (χ0) is 21.4. The molecule has 0 unspecified atom stereocenters. The van der Waals surface area contributed by atoms with E-state index in [1.165, 1.54) is 30.4 Å². The smallest absolute Gasteiger partial charge is 0.270 e. The molecule has 0 spiro atoms. The van der Waals surface area contributed by atoms with E-state index in [4.69, 9.17) is 18.1 Å². The number of hydrogen-bond acceptors (Lipinski definition) is 9. The first-order valence-electron chi connectivity index (χ1n) is 8.07. The summed E-state index contributed by atoms with van der Waals surface area (Å²) in [5.41, 5.74) is 11.7. The monoisotopic (exact) mass is 434 g/mol. The highest BCUT2D eigenvalue weighted by atomic mass is 32.1. The molecule has 0 saturated heterocycles. The number of aryl methyl sites for hydroxylation is 1. The maximum absolute atomic E-state index is 11.1. The summed E-state index contributed by atoms with van der Waals surface area (Å²) >= 11 is 6.18. The van der Waals surface area contributed by atoms with Crippen LogP contribution < -0.4 is 27.5 Å². The number of hydrazone groups is 1. The molecule has 6 N–H and O–H groups in total. The summed E-state index contributed by atoms with van der Waals surface area (Å²) in [6, 6.07) is 6.17. The van der Waals surface area contributed by atoms with Crippen LogP contribution >= 0.6 is 23.6 Å². The topological polar surface area (TPSA) is 160 Å². The van der Waals surface area contributed by atoms with Gasteiger partial charge in [0.05, 0.1) is 15.5 Å². The molecule has 1 aromatic carbocycles. The molecule has 13 heteroatoms. The number of allylic oxidation sites excluding steroid dienone is 1. The normalized spacial score (nSPS) is 11.2. The molecule has 0 aliphatic rings. The Balaban J connectivity index is 2.35. The van der Waals surface area contributed by atoms with E-state index in [2.05, 4.69) is 31.8 Å². The molecule has 2 aromatic rings. The molecule has 1 heterocycles. The lowest BCUT2D eigenvalue weighted by Crippen LogP contribution is -2.37. The first-order chi connectivity index (χ1) is 13.8. The van der Waals surface area contributed by atoms with Gasteiger partial charge in [0, 0.05) is 19.1 Å². The Morgan fingerprint density at radius 2 is 2.21 bits per heavy atom. The zero-order valence-electron chi connectivity index (χ0n) is 15.4. The molecule has 11 nitrogen and oxygen atoms in total. The van der Waals surface area contributed by atoms with Gasteiger partial charge in [0.2, 0.25) is 16.2 Å². The van der Waals surface area contributed by atoms with Gasteiger partial charge in [-0.3, -0.25) is 36.6 Å². The minimum absolute atomic E-state index is 0.0203. The second-order valence-electron chi connectivity index (χ2n) is 5.51. The molecule has 2 rings (SSSR count). The number of aromatic nitrogens is 1. The standard InChI is InChI=1S/C16H18N8O3S2/c1-9-14(29-16(18-9)23-20-10(2)25)13(21-22-15(28)19-17)7-6-11-4-3-5-12(8-11)24(26)27/h3-8H,17H2,1-2H3,(H,18,23)(H,20,25)(H2,19,22,28)/b7-6?,21-13+. The van der Waals surface area contributed by atoms with E-state index in [0.29, 0.717) is 27.0 Å². The fourth-order valence-corrected chi connectivity index (χ4v) is 2.99. The van der Waals surface area contributed by atoms with Crippen LogP contribution in [0.4, 0.5) is 10.8 Å². The Morgan fingerprint density at radius 3 is 2.86 bits per heavy atom. The van der Waals surface area contributed by atoms with Gasteiger partial charge in [0.1, 0.15) is 5.71 Å². The van der Waals surface area contributed by atoms with Crippen molar-refractivity contribution in [3.05, 3.63) is 56.6 Å². The van der Waals surface area contributed by atoms with Gasteiger partial charge in [-0.2, -0.15) is 5.10 Å². The number of nitrogens with zero attached hydrogens (tertiary/aromatic N) is 3. The number of nitrogens with two attached hydrogens (primary N) is 1. The summed E-state index contributed by atoms with van der Waals surface area (Å²) in [7, 11) is 0. The summed E-state index contributed by atoms with van der Waals surface area (Å²) in [5.74, 6) is 4.98. The van der Waals surface area contributed by atoms with E-state index >= 15 is 0 Å². The van der Waals surface area contributed by atoms with Crippen LogP contribution in [0.2, 0.25) is 0 Å². The number of hydrazine groups is 2. The minimum Gasteiger partial charge on any atom is -0.300 e. The molecule has 152 valence electrons. The number of thiocarbonyl (C=S) groups is 1. The van der Waals surface area contributed by atoms with Crippen molar-refractivity contribution in [3.8, 4) is 0 Å². The second kappa shape index (κ2) is 10.2. The quantitative estimate of drug-likeness (QED) is 0.143. The van der Waals surface area contributed by atoms with Crippen molar-refractivity contribution >= 4 is 57.2 Å². The predicted octanol–water partition coefficient (Wildman–Crippen LogP) is 1.58. The Hall–Kier alpha value is -3.42. The van der Waals surface area contributed by atoms with Crippen LogP contribution in [0.1, 0.15) is 23.1 Å².